The molecule has 2 aliphatic heterocycles. The van der Waals surface area contributed by atoms with Crippen molar-refractivity contribution in [2.45, 2.75) is 25.6 Å². The lowest BCUT2D eigenvalue weighted by Gasteiger charge is -2.27. The molecule has 1 aromatic heterocycles. The van der Waals surface area contributed by atoms with Crippen molar-refractivity contribution >= 4 is 23.3 Å². The normalized spacial score (nSPS) is 15.1. The topological polar surface area (TPSA) is 141 Å². The quantitative estimate of drug-likeness (QED) is 0.257. The standard InChI is InChI=1S/C35H31FN4O7/c1-43-35(42)22-7-8-29(30(15-22)38-19-25-9-10-44-25)39-33(41)16-24-14-27(36)26-17-32(24)46-12-11-45-31-13-21(18-37)5-6-23(31)20-47-34-4-2-3-28(26)40-34/h2-8,13-15,17,25,38H,9-12,16,19-20H2,1H3,(H,39,41)/t25-/m0/s1. The van der Waals surface area contributed by atoms with E-state index in [2.05, 4.69) is 21.7 Å². The summed E-state index contributed by atoms with van der Waals surface area (Å²) in [5.74, 6) is -0.532. The molecule has 1 atom stereocenters. The number of carbonyl (C=O) groups excluding carboxylic acids is 2. The zero-order valence-electron chi connectivity index (χ0n) is 25.5. The van der Waals surface area contributed by atoms with Crippen LogP contribution in [0.4, 0.5) is 15.8 Å². The van der Waals surface area contributed by atoms with Gasteiger partial charge in [-0.15, -0.1) is 0 Å². The van der Waals surface area contributed by atoms with Crippen LogP contribution in [0.1, 0.15) is 33.5 Å². The third-order valence-corrected chi connectivity index (χ3v) is 7.70. The Balaban J connectivity index is 1.26. The van der Waals surface area contributed by atoms with Crippen molar-refractivity contribution in [1.82, 2.24) is 4.98 Å². The van der Waals surface area contributed by atoms with Gasteiger partial charge in [-0.1, -0.05) is 12.1 Å². The highest BCUT2D eigenvalue weighted by Crippen LogP contribution is 2.33. The molecule has 47 heavy (non-hydrogen) atoms. The predicted octanol–water partition coefficient (Wildman–Crippen LogP) is 5.28. The van der Waals surface area contributed by atoms with Gasteiger partial charge in [0.2, 0.25) is 11.8 Å². The molecule has 4 aromatic rings. The van der Waals surface area contributed by atoms with Crippen LogP contribution in [0.5, 0.6) is 17.4 Å². The molecule has 2 N–H and O–H groups in total. The molecule has 3 heterocycles. The molecule has 0 unspecified atom stereocenters. The van der Waals surface area contributed by atoms with Crippen LogP contribution in [0.2, 0.25) is 0 Å². The van der Waals surface area contributed by atoms with Crippen molar-refractivity contribution in [2.75, 3.05) is 44.1 Å². The number of nitrogens with zero attached hydrogens (tertiary/aromatic N) is 2. The molecule has 6 rings (SSSR count). The molecular weight excluding hydrogens is 607 g/mol. The first-order chi connectivity index (χ1) is 22.9. The summed E-state index contributed by atoms with van der Waals surface area (Å²) in [6.45, 7) is 1.47. The number of halogens is 1. The smallest absolute Gasteiger partial charge is 0.337 e. The number of amides is 1. The molecular formula is C35H31FN4O7. The molecule has 1 saturated heterocycles. The number of carbonyl (C=O) groups is 2. The molecule has 1 amide bonds. The van der Waals surface area contributed by atoms with Crippen LogP contribution in [-0.2, 0) is 27.3 Å². The maximum Gasteiger partial charge on any atom is 0.337 e. The van der Waals surface area contributed by atoms with E-state index in [4.69, 9.17) is 23.7 Å². The summed E-state index contributed by atoms with van der Waals surface area (Å²) in [6, 6.07) is 19.7. The van der Waals surface area contributed by atoms with Crippen molar-refractivity contribution < 1.29 is 37.7 Å². The average molecular weight is 639 g/mol. The summed E-state index contributed by atoms with van der Waals surface area (Å²) in [7, 11) is 1.29. The number of benzene rings is 3. The second-order valence-corrected chi connectivity index (χ2v) is 10.9. The number of fused-ring (bicyclic) bond motifs is 6. The highest BCUT2D eigenvalue weighted by Gasteiger charge is 2.21. The molecule has 0 radical (unpaired) electrons. The van der Waals surface area contributed by atoms with Crippen molar-refractivity contribution in [2.24, 2.45) is 0 Å². The number of methoxy groups -OCH3 is 1. The third-order valence-electron chi connectivity index (χ3n) is 7.70. The Hall–Kier alpha value is -5.67. The zero-order chi connectivity index (χ0) is 32.8. The molecule has 4 bridgehead atoms. The van der Waals surface area contributed by atoms with Crippen LogP contribution >= 0.6 is 0 Å². The SMILES string of the molecule is COC(=O)c1ccc(NC(=O)Cc2cc(F)c3cc2OCCOc2cc(C#N)ccc2COc2cccc-3n2)c(NC[C@@H]2CCO2)c1. The zero-order valence-corrected chi connectivity index (χ0v) is 25.5. The number of aromatic nitrogens is 1. The molecule has 11 nitrogen and oxygen atoms in total. The molecule has 0 spiro atoms. The number of pyridine rings is 1. The van der Waals surface area contributed by atoms with Gasteiger partial charge in [0.15, 0.2) is 0 Å². The lowest BCUT2D eigenvalue weighted by atomic mass is 10.0. The summed E-state index contributed by atoms with van der Waals surface area (Å²) < 4.78 is 43.9. The van der Waals surface area contributed by atoms with E-state index >= 15 is 4.39 Å². The number of hydrogen-bond donors (Lipinski definition) is 2. The Labute approximate surface area is 270 Å². The summed E-state index contributed by atoms with van der Waals surface area (Å²) in [5, 5.41) is 15.5. The lowest BCUT2D eigenvalue weighted by Crippen LogP contribution is -2.33. The number of rotatable bonds is 7. The minimum Gasteiger partial charge on any atom is -0.490 e. The number of nitrogens with one attached hydrogen (secondary N) is 2. The molecule has 12 heteroatoms. The van der Waals surface area contributed by atoms with E-state index in [1.807, 2.05) is 0 Å². The van der Waals surface area contributed by atoms with Crippen molar-refractivity contribution in [3.63, 3.8) is 0 Å². The van der Waals surface area contributed by atoms with E-state index < -0.39 is 17.7 Å². The minimum atomic E-state index is -0.590. The van der Waals surface area contributed by atoms with Gasteiger partial charge in [0, 0.05) is 35.9 Å². The maximum atomic E-state index is 15.6. The summed E-state index contributed by atoms with van der Waals surface area (Å²) in [4.78, 5) is 30.0. The van der Waals surface area contributed by atoms with Gasteiger partial charge >= 0.3 is 5.97 Å². The summed E-state index contributed by atoms with van der Waals surface area (Å²) in [5.41, 5.74) is 3.19. The Morgan fingerprint density at radius 3 is 2.60 bits per heavy atom. The van der Waals surface area contributed by atoms with Crippen LogP contribution in [0.25, 0.3) is 11.3 Å². The second-order valence-electron chi connectivity index (χ2n) is 10.9. The van der Waals surface area contributed by atoms with E-state index in [1.54, 1.807) is 54.6 Å². The van der Waals surface area contributed by atoms with Gasteiger partial charge in [-0.2, -0.15) is 5.26 Å². The molecule has 240 valence electrons. The molecule has 1 fully saturated rings. The average Bonchev–Trinajstić information content (AvgIpc) is 3.06. The highest BCUT2D eigenvalue weighted by atomic mass is 19.1. The first-order valence-electron chi connectivity index (χ1n) is 15.0. The molecule has 2 aliphatic rings. The van der Waals surface area contributed by atoms with Gasteiger partial charge in [-0.05, 0) is 55.0 Å². The Bertz CT molecular complexity index is 1850. The van der Waals surface area contributed by atoms with Crippen molar-refractivity contribution in [3.05, 3.63) is 94.8 Å². The highest BCUT2D eigenvalue weighted by molar-refractivity contribution is 5.98. The molecule has 0 aliphatic carbocycles. The fourth-order valence-electron chi connectivity index (χ4n) is 5.12. The van der Waals surface area contributed by atoms with Crippen molar-refractivity contribution in [1.29, 1.82) is 5.26 Å². The maximum absolute atomic E-state index is 15.6. The fraction of sp³-hybridized carbons (Fsp3) is 0.257. The first kappa shape index (κ1) is 31.3. The van der Waals surface area contributed by atoms with Crippen LogP contribution < -0.4 is 24.8 Å². The number of nitriles is 1. The second kappa shape index (κ2) is 14.2. The summed E-state index contributed by atoms with van der Waals surface area (Å²) in [6.07, 6.45) is 0.714. The third kappa shape index (κ3) is 7.43. The first-order valence-corrected chi connectivity index (χ1v) is 15.0. The van der Waals surface area contributed by atoms with Crippen molar-refractivity contribution in [3.8, 4) is 34.7 Å². The number of ether oxygens (including phenoxy) is 5. The van der Waals surface area contributed by atoms with Crippen LogP contribution in [0.15, 0.2) is 66.7 Å². The van der Waals surface area contributed by atoms with E-state index in [-0.39, 0.29) is 49.5 Å². The van der Waals surface area contributed by atoms with E-state index in [1.165, 1.54) is 19.2 Å². The van der Waals surface area contributed by atoms with Crippen LogP contribution in [0.3, 0.4) is 0 Å². The van der Waals surface area contributed by atoms with E-state index in [0.717, 1.165) is 6.42 Å². The number of anilines is 2. The van der Waals surface area contributed by atoms with Gasteiger partial charge in [-0.3, -0.25) is 4.79 Å². The minimum absolute atomic E-state index is 0.0307. The largest absolute Gasteiger partial charge is 0.490 e. The monoisotopic (exact) mass is 638 g/mol. The molecule has 0 saturated carbocycles. The van der Waals surface area contributed by atoms with Gasteiger partial charge < -0.3 is 34.3 Å². The van der Waals surface area contributed by atoms with Crippen LogP contribution in [-0.4, -0.2) is 56.4 Å². The van der Waals surface area contributed by atoms with Gasteiger partial charge in [-0.25, -0.2) is 14.2 Å². The fourth-order valence-corrected chi connectivity index (χ4v) is 5.12. The van der Waals surface area contributed by atoms with Crippen LogP contribution in [0, 0.1) is 17.1 Å². The van der Waals surface area contributed by atoms with Gasteiger partial charge in [0.1, 0.15) is 37.1 Å². The molecule has 3 aromatic carbocycles. The van der Waals surface area contributed by atoms with Gasteiger partial charge in [0.25, 0.3) is 0 Å². The Morgan fingerprint density at radius 2 is 1.83 bits per heavy atom. The van der Waals surface area contributed by atoms with Gasteiger partial charge in [0.05, 0.1) is 53.9 Å². The summed E-state index contributed by atoms with van der Waals surface area (Å²) >= 11 is 0. The van der Waals surface area contributed by atoms with E-state index in [9.17, 15) is 14.9 Å². The predicted molar refractivity (Wildman–Crippen MR) is 169 cm³/mol. The van der Waals surface area contributed by atoms with E-state index in [0.29, 0.717) is 58.2 Å². The Kier molecular flexibility index (Phi) is 9.45. The Morgan fingerprint density at radius 1 is 1.00 bits per heavy atom. The number of hydrogen-bond acceptors (Lipinski definition) is 10. The lowest BCUT2D eigenvalue weighted by molar-refractivity contribution is -0.115. The number of esters is 1.